The van der Waals surface area contributed by atoms with Crippen LogP contribution in [0, 0.1) is 6.92 Å². The molecule has 0 aliphatic rings. The fourth-order valence-corrected chi connectivity index (χ4v) is 3.29. The Morgan fingerprint density at radius 1 is 1.00 bits per heavy atom. The number of pyridine rings is 1. The Bertz CT molecular complexity index is 1010. The first-order valence-electron chi connectivity index (χ1n) is 8.28. The first-order chi connectivity index (χ1) is 12.2. The Morgan fingerprint density at radius 2 is 1.84 bits per heavy atom. The average Bonchev–Trinajstić information content (AvgIpc) is 3.08. The Balaban J connectivity index is 1.88. The predicted molar refractivity (Wildman–Crippen MR) is 99.3 cm³/mol. The third-order valence-electron chi connectivity index (χ3n) is 4.44. The second-order valence-corrected chi connectivity index (χ2v) is 6.29. The maximum atomic E-state index is 6.03. The van der Waals surface area contributed by atoms with Gasteiger partial charge in [0, 0.05) is 5.92 Å². The molecule has 2 aromatic heterocycles. The number of H-pyrrole nitrogens is 1. The SMILES string of the molecule is Cc1cccc(C(Cc2ccccc2)c2cc(N)nc3n[nH]nc23)c1. The fourth-order valence-electron chi connectivity index (χ4n) is 3.29. The van der Waals surface area contributed by atoms with E-state index >= 15 is 0 Å². The summed E-state index contributed by atoms with van der Waals surface area (Å²) in [4.78, 5) is 4.27. The summed E-state index contributed by atoms with van der Waals surface area (Å²) < 4.78 is 0. The van der Waals surface area contributed by atoms with Crippen LogP contribution in [0.25, 0.3) is 11.2 Å². The minimum Gasteiger partial charge on any atom is -0.384 e. The van der Waals surface area contributed by atoms with Crippen molar-refractivity contribution in [2.45, 2.75) is 19.3 Å². The van der Waals surface area contributed by atoms with Gasteiger partial charge in [-0.25, -0.2) is 4.98 Å². The van der Waals surface area contributed by atoms with Crippen molar-refractivity contribution in [1.29, 1.82) is 0 Å². The summed E-state index contributed by atoms with van der Waals surface area (Å²) in [5.41, 5.74) is 12.1. The second-order valence-electron chi connectivity index (χ2n) is 6.29. The zero-order valence-corrected chi connectivity index (χ0v) is 14.0. The Kier molecular flexibility index (Phi) is 3.90. The van der Waals surface area contributed by atoms with Gasteiger partial charge in [-0.2, -0.15) is 10.3 Å². The molecule has 4 rings (SSSR count). The van der Waals surface area contributed by atoms with Crippen molar-refractivity contribution in [3.63, 3.8) is 0 Å². The lowest BCUT2D eigenvalue weighted by Crippen LogP contribution is -2.08. The van der Waals surface area contributed by atoms with E-state index in [0.717, 1.165) is 17.5 Å². The van der Waals surface area contributed by atoms with Crippen LogP contribution < -0.4 is 5.73 Å². The summed E-state index contributed by atoms with van der Waals surface area (Å²) in [5.74, 6) is 0.585. The van der Waals surface area contributed by atoms with Crippen LogP contribution in [0.2, 0.25) is 0 Å². The van der Waals surface area contributed by atoms with E-state index < -0.39 is 0 Å². The van der Waals surface area contributed by atoms with Gasteiger partial charge in [-0.05, 0) is 36.1 Å². The minimum absolute atomic E-state index is 0.125. The molecule has 3 N–H and O–H groups in total. The smallest absolute Gasteiger partial charge is 0.203 e. The molecule has 0 bridgehead atoms. The lowest BCUT2D eigenvalue weighted by molar-refractivity contribution is 0.807. The van der Waals surface area contributed by atoms with Crippen LogP contribution in [0.3, 0.4) is 0 Å². The van der Waals surface area contributed by atoms with Gasteiger partial charge in [-0.3, -0.25) is 0 Å². The summed E-state index contributed by atoms with van der Waals surface area (Å²) in [6.45, 7) is 2.11. The van der Waals surface area contributed by atoms with Crippen LogP contribution in [0.15, 0.2) is 60.7 Å². The number of fused-ring (bicyclic) bond motifs is 1. The molecule has 0 amide bonds. The monoisotopic (exact) mass is 329 g/mol. The number of aromatic amines is 1. The topological polar surface area (TPSA) is 80.5 Å². The molecule has 4 aromatic rings. The van der Waals surface area contributed by atoms with E-state index in [9.17, 15) is 0 Å². The third kappa shape index (κ3) is 3.08. The van der Waals surface area contributed by atoms with Gasteiger partial charge in [0.05, 0.1) is 0 Å². The summed E-state index contributed by atoms with van der Waals surface area (Å²) in [6.07, 6.45) is 0.857. The van der Waals surface area contributed by atoms with E-state index in [-0.39, 0.29) is 5.92 Å². The summed E-state index contributed by atoms with van der Waals surface area (Å²) in [7, 11) is 0. The van der Waals surface area contributed by atoms with Crippen LogP contribution in [0.4, 0.5) is 5.82 Å². The lowest BCUT2D eigenvalue weighted by Gasteiger charge is -2.19. The highest BCUT2D eigenvalue weighted by molar-refractivity contribution is 5.77. The maximum Gasteiger partial charge on any atom is 0.203 e. The van der Waals surface area contributed by atoms with E-state index in [0.29, 0.717) is 11.5 Å². The molecule has 0 saturated carbocycles. The number of aryl methyl sites for hydroxylation is 1. The normalized spacial score (nSPS) is 12.4. The van der Waals surface area contributed by atoms with Crippen molar-refractivity contribution in [3.8, 4) is 0 Å². The van der Waals surface area contributed by atoms with Gasteiger partial charge in [0.2, 0.25) is 5.65 Å². The molecule has 2 aromatic carbocycles. The zero-order chi connectivity index (χ0) is 17.2. The number of anilines is 1. The van der Waals surface area contributed by atoms with Crippen LogP contribution in [-0.4, -0.2) is 20.4 Å². The van der Waals surface area contributed by atoms with Gasteiger partial charge < -0.3 is 5.73 Å². The number of hydrogen-bond donors (Lipinski definition) is 2. The standard InChI is InChI=1S/C20H19N5/c1-13-6-5-9-15(10-13)16(11-14-7-3-2-4-8-14)17-12-18(21)22-20-19(17)23-25-24-20/h2-10,12,16H,11H2,1H3,(H3,21,22,23,24,25). The zero-order valence-electron chi connectivity index (χ0n) is 14.0. The van der Waals surface area contributed by atoms with E-state index in [2.05, 4.69) is 75.8 Å². The maximum absolute atomic E-state index is 6.03. The van der Waals surface area contributed by atoms with Gasteiger partial charge >= 0.3 is 0 Å². The number of nitrogens with one attached hydrogen (secondary N) is 1. The highest BCUT2D eigenvalue weighted by Crippen LogP contribution is 2.33. The van der Waals surface area contributed by atoms with Crippen molar-refractivity contribution < 1.29 is 0 Å². The number of nitrogens with zero attached hydrogens (tertiary/aromatic N) is 3. The molecule has 2 heterocycles. The number of rotatable bonds is 4. The Morgan fingerprint density at radius 3 is 2.64 bits per heavy atom. The van der Waals surface area contributed by atoms with Crippen LogP contribution in [-0.2, 0) is 6.42 Å². The number of nitrogen functional groups attached to an aromatic ring is 1. The van der Waals surface area contributed by atoms with Crippen LogP contribution >= 0.6 is 0 Å². The van der Waals surface area contributed by atoms with Crippen LogP contribution in [0.1, 0.15) is 28.2 Å². The molecular formula is C20H19N5. The van der Waals surface area contributed by atoms with Gasteiger partial charge in [0.25, 0.3) is 0 Å². The molecule has 1 unspecified atom stereocenters. The number of hydrogen-bond acceptors (Lipinski definition) is 4. The summed E-state index contributed by atoms with van der Waals surface area (Å²) in [6, 6.07) is 20.9. The van der Waals surface area contributed by atoms with Crippen molar-refractivity contribution >= 4 is 17.0 Å². The Labute approximate surface area is 145 Å². The predicted octanol–water partition coefficient (Wildman–Crippen LogP) is 3.62. The van der Waals surface area contributed by atoms with Gasteiger partial charge in [0.1, 0.15) is 11.3 Å². The third-order valence-corrected chi connectivity index (χ3v) is 4.44. The van der Waals surface area contributed by atoms with E-state index in [4.69, 9.17) is 5.73 Å². The molecule has 25 heavy (non-hydrogen) atoms. The van der Waals surface area contributed by atoms with Crippen molar-refractivity contribution in [2.75, 3.05) is 5.73 Å². The average molecular weight is 329 g/mol. The largest absolute Gasteiger partial charge is 0.384 e. The van der Waals surface area contributed by atoms with Crippen LogP contribution in [0.5, 0.6) is 0 Å². The molecule has 1 atom stereocenters. The first-order valence-corrected chi connectivity index (χ1v) is 8.28. The number of aromatic nitrogens is 4. The summed E-state index contributed by atoms with van der Waals surface area (Å²) >= 11 is 0. The molecule has 5 nitrogen and oxygen atoms in total. The van der Waals surface area contributed by atoms with Crippen molar-refractivity contribution in [3.05, 3.63) is 82.9 Å². The Hall–Kier alpha value is -3.21. The van der Waals surface area contributed by atoms with E-state index in [1.165, 1.54) is 16.7 Å². The molecule has 0 aliphatic carbocycles. The quantitative estimate of drug-likeness (QED) is 0.599. The molecule has 0 spiro atoms. The molecule has 0 saturated heterocycles. The molecule has 124 valence electrons. The minimum atomic E-state index is 0.125. The molecule has 0 fully saturated rings. The van der Waals surface area contributed by atoms with E-state index in [1.54, 1.807) is 0 Å². The molecular weight excluding hydrogens is 310 g/mol. The highest BCUT2D eigenvalue weighted by Gasteiger charge is 2.21. The lowest BCUT2D eigenvalue weighted by atomic mass is 9.85. The van der Waals surface area contributed by atoms with Crippen molar-refractivity contribution in [1.82, 2.24) is 20.4 Å². The second kappa shape index (κ2) is 6.36. The van der Waals surface area contributed by atoms with Gasteiger partial charge in [0.15, 0.2) is 0 Å². The first kappa shape index (κ1) is 15.3. The van der Waals surface area contributed by atoms with Gasteiger partial charge in [-0.1, -0.05) is 60.2 Å². The summed E-state index contributed by atoms with van der Waals surface area (Å²) in [5, 5.41) is 11.1. The van der Waals surface area contributed by atoms with Crippen molar-refractivity contribution in [2.24, 2.45) is 0 Å². The van der Waals surface area contributed by atoms with Gasteiger partial charge in [-0.15, -0.1) is 5.10 Å². The highest BCUT2D eigenvalue weighted by atomic mass is 15.3. The number of nitrogens with two attached hydrogens (primary N) is 1. The molecule has 5 heteroatoms. The fraction of sp³-hybridized carbons (Fsp3) is 0.150. The number of benzene rings is 2. The molecule has 0 aliphatic heterocycles. The molecule has 0 radical (unpaired) electrons. The van der Waals surface area contributed by atoms with E-state index in [1.807, 2.05) is 12.1 Å².